The second kappa shape index (κ2) is 8.56. The number of pyridine rings is 1. The van der Waals surface area contributed by atoms with E-state index in [2.05, 4.69) is 15.3 Å². The molecule has 0 aliphatic carbocycles. The van der Waals surface area contributed by atoms with Crippen LogP contribution in [0.25, 0.3) is 0 Å². The molecule has 0 saturated heterocycles. The maximum absolute atomic E-state index is 12.1. The van der Waals surface area contributed by atoms with E-state index in [4.69, 9.17) is 4.74 Å². The van der Waals surface area contributed by atoms with Crippen molar-refractivity contribution in [2.75, 3.05) is 18.5 Å². The third kappa shape index (κ3) is 5.74. The van der Waals surface area contributed by atoms with Crippen molar-refractivity contribution >= 4 is 23.9 Å². The van der Waals surface area contributed by atoms with E-state index >= 15 is 0 Å². The van der Waals surface area contributed by atoms with Crippen molar-refractivity contribution in [3.63, 3.8) is 0 Å². The number of carbonyl (C=O) groups excluding carboxylic acids is 2. The van der Waals surface area contributed by atoms with E-state index in [1.54, 1.807) is 32.0 Å². The number of aliphatic imine (C=N–C) groups is 1. The number of carbonyl (C=O) groups is 2. The first-order valence-corrected chi connectivity index (χ1v) is 6.74. The second-order valence-corrected chi connectivity index (χ2v) is 4.39. The Kier molecular flexibility index (Phi) is 6.75. The van der Waals surface area contributed by atoms with Gasteiger partial charge in [-0.25, -0.2) is 4.98 Å². The summed E-state index contributed by atoms with van der Waals surface area (Å²) in [4.78, 5) is 31.2. The lowest BCUT2D eigenvalue weighted by Gasteiger charge is -2.06. The molecule has 0 aliphatic heterocycles. The van der Waals surface area contributed by atoms with Gasteiger partial charge in [-0.3, -0.25) is 14.6 Å². The van der Waals surface area contributed by atoms with Crippen LogP contribution < -0.4 is 5.32 Å². The Morgan fingerprint density at radius 1 is 1.45 bits per heavy atom. The smallest absolute Gasteiger partial charge is 0.327 e. The van der Waals surface area contributed by atoms with Crippen LogP contribution in [0.5, 0.6) is 0 Å². The average molecular weight is 305 g/mol. The number of hydrogen-bond donors (Lipinski definition) is 2. The highest BCUT2D eigenvalue weighted by Crippen LogP contribution is 2.07. The molecule has 1 aromatic rings. The second-order valence-electron chi connectivity index (χ2n) is 4.39. The summed E-state index contributed by atoms with van der Waals surface area (Å²) >= 11 is 0. The van der Waals surface area contributed by atoms with E-state index in [0.717, 1.165) is 11.9 Å². The largest absolute Gasteiger partial charge is 0.512 e. The first-order chi connectivity index (χ1) is 10.4. The fraction of sp³-hybridized carbons (Fsp3) is 0.333. The number of aliphatic hydroxyl groups excluding tert-OH is 1. The molecule has 7 heteroatoms. The van der Waals surface area contributed by atoms with Crippen LogP contribution in [-0.4, -0.2) is 41.3 Å². The molecule has 1 rings (SSSR count). The van der Waals surface area contributed by atoms with Crippen LogP contribution in [0.1, 0.15) is 19.5 Å². The number of esters is 1. The van der Waals surface area contributed by atoms with Crippen molar-refractivity contribution in [3.8, 4) is 0 Å². The van der Waals surface area contributed by atoms with Gasteiger partial charge in [0.1, 0.15) is 18.1 Å². The number of aliphatic hydroxyl groups is 1. The average Bonchev–Trinajstić information content (AvgIpc) is 2.43. The summed E-state index contributed by atoms with van der Waals surface area (Å²) < 4.78 is 4.71. The Morgan fingerprint density at radius 3 is 2.77 bits per heavy atom. The van der Waals surface area contributed by atoms with Gasteiger partial charge in [-0.2, -0.15) is 0 Å². The molecule has 7 nitrogen and oxygen atoms in total. The Labute approximate surface area is 128 Å². The van der Waals surface area contributed by atoms with E-state index < -0.39 is 11.9 Å². The van der Waals surface area contributed by atoms with Gasteiger partial charge in [0.05, 0.1) is 12.2 Å². The van der Waals surface area contributed by atoms with Crippen LogP contribution in [0.4, 0.5) is 5.82 Å². The van der Waals surface area contributed by atoms with Gasteiger partial charge in [0, 0.05) is 11.9 Å². The summed E-state index contributed by atoms with van der Waals surface area (Å²) in [5.41, 5.74) is 0.702. The fourth-order valence-electron chi connectivity index (χ4n) is 1.53. The van der Waals surface area contributed by atoms with Gasteiger partial charge < -0.3 is 15.2 Å². The fourth-order valence-corrected chi connectivity index (χ4v) is 1.53. The van der Waals surface area contributed by atoms with Crippen molar-refractivity contribution in [1.82, 2.24) is 4.98 Å². The number of allylic oxidation sites excluding steroid dienone is 1. The molecule has 0 atom stereocenters. The van der Waals surface area contributed by atoms with Gasteiger partial charge in [-0.15, -0.1) is 0 Å². The predicted molar refractivity (Wildman–Crippen MR) is 82.9 cm³/mol. The van der Waals surface area contributed by atoms with Gasteiger partial charge >= 0.3 is 5.97 Å². The molecule has 0 spiro atoms. The summed E-state index contributed by atoms with van der Waals surface area (Å²) in [6.45, 7) is 4.88. The Morgan fingerprint density at radius 2 is 2.18 bits per heavy atom. The number of amides is 1. The highest BCUT2D eigenvalue weighted by atomic mass is 16.5. The van der Waals surface area contributed by atoms with Crippen molar-refractivity contribution in [3.05, 3.63) is 35.2 Å². The van der Waals surface area contributed by atoms with Crippen molar-refractivity contribution < 1.29 is 19.4 Å². The molecule has 22 heavy (non-hydrogen) atoms. The molecule has 1 aromatic heterocycles. The minimum Gasteiger partial charge on any atom is -0.512 e. The van der Waals surface area contributed by atoms with E-state index in [0.29, 0.717) is 5.82 Å². The van der Waals surface area contributed by atoms with Gasteiger partial charge in [0.2, 0.25) is 0 Å². The Balaban J connectivity index is 2.75. The third-order valence-corrected chi connectivity index (χ3v) is 2.51. The van der Waals surface area contributed by atoms with Gasteiger partial charge in [-0.05, 0) is 32.9 Å². The zero-order chi connectivity index (χ0) is 16.5. The lowest BCUT2D eigenvalue weighted by atomic mass is 10.2. The van der Waals surface area contributed by atoms with Crippen LogP contribution >= 0.6 is 0 Å². The number of aryl methyl sites for hydroxylation is 1. The summed E-state index contributed by atoms with van der Waals surface area (Å²) in [6, 6.07) is 5.18. The topological polar surface area (TPSA) is 101 Å². The lowest BCUT2D eigenvalue weighted by molar-refractivity contribution is -0.141. The predicted octanol–water partition coefficient (Wildman–Crippen LogP) is 1.79. The molecular formula is C15H19N3O4. The number of aromatic nitrogens is 1. The zero-order valence-electron chi connectivity index (χ0n) is 12.8. The van der Waals surface area contributed by atoms with Crippen LogP contribution in [0.3, 0.4) is 0 Å². The van der Waals surface area contributed by atoms with E-state index in [1.165, 1.54) is 6.92 Å². The van der Waals surface area contributed by atoms with E-state index in [1.807, 2.05) is 0 Å². The number of rotatable bonds is 6. The van der Waals surface area contributed by atoms with Crippen LogP contribution in [0.2, 0.25) is 0 Å². The van der Waals surface area contributed by atoms with Crippen LogP contribution in [0.15, 0.2) is 34.5 Å². The third-order valence-electron chi connectivity index (χ3n) is 2.51. The molecule has 1 amide bonds. The number of nitrogens with one attached hydrogen (secondary N) is 1. The molecule has 0 unspecified atom stereocenters. The molecule has 0 bridgehead atoms. The molecule has 2 N–H and O–H groups in total. The highest BCUT2D eigenvalue weighted by Gasteiger charge is 2.12. The number of ether oxygens (including phenoxy) is 1. The zero-order valence-corrected chi connectivity index (χ0v) is 12.8. The molecule has 118 valence electrons. The molecular weight excluding hydrogens is 286 g/mol. The quantitative estimate of drug-likeness (QED) is 0.361. The molecule has 1 heterocycles. The maximum atomic E-state index is 12.1. The van der Waals surface area contributed by atoms with Crippen LogP contribution in [0, 0.1) is 6.92 Å². The molecule has 0 aromatic carbocycles. The lowest BCUT2D eigenvalue weighted by Crippen LogP contribution is -2.18. The maximum Gasteiger partial charge on any atom is 0.327 e. The van der Waals surface area contributed by atoms with Crippen molar-refractivity contribution in [1.29, 1.82) is 0 Å². The minimum absolute atomic E-state index is 0.0485. The first kappa shape index (κ1) is 17.4. The van der Waals surface area contributed by atoms with E-state index in [-0.39, 0.29) is 24.5 Å². The van der Waals surface area contributed by atoms with Gasteiger partial charge in [0.25, 0.3) is 5.91 Å². The summed E-state index contributed by atoms with van der Waals surface area (Å²) in [7, 11) is 0. The standard InChI is InChI=1S/C15H19N3O4/c1-4-22-14(20)9-16-8-12(11(3)19)15(21)18-13-7-5-6-10(2)17-13/h5-8,19H,4,9H2,1-3H3,(H,17,18,21)/b12-11-,16-8?. The minimum atomic E-state index is -0.564. The monoisotopic (exact) mass is 305 g/mol. The molecule has 0 saturated carbocycles. The molecule has 0 fully saturated rings. The Bertz CT molecular complexity index is 605. The number of hydrogen-bond acceptors (Lipinski definition) is 6. The summed E-state index contributed by atoms with van der Waals surface area (Å²) in [6.07, 6.45) is 1.14. The van der Waals surface area contributed by atoms with Crippen LogP contribution in [-0.2, 0) is 14.3 Å². The molecule has 0 radical (unpaired) electrons. The van der Waals surface area contributed by atoms with Gasteiger partial charge in [-0.1, -0.05) is 6.07 Å². The van der Waals surface area contributed by atoms with E-state index in [9.17, 15) is 14.7 Å². The SMILES string of the molecule is CCOC(=O)CN=C/C(C(=O)Nc1cccc(C)n1)=C(\C)O. The number of anilines is 1. The summed E-state index contributed by atoms with van der Waals surface area (Å²) in [5.74, 6) is -0.916. The highest BCUT2D eigenvalue weighted by molar-refractivity contribution is 6.17. The molecule has 0 aliphatic rings. The van der Waals surface area contributed by atoms with Crippen molar-refractivity contribution in [2.24, 2.45) is 4.99 Å². The number of nitrogens with zero attached hydrogens (tertiary/aromatic N) is 2. The summed E-state index contributed by atoms with van der Waals surface area (Å²) in [5, 5.41) is 12.1. The normalized spacial score (nSPS) is 12.0. The first-order valence-electron chi connectivity index (χ1n) is 6.74. The van der Waals surface area contributed by atoms with Gasteiger partial charge in [0.15, 0.2) is 0 Å². The Hall–Kier alpha value is -2.70. The van der Waals surface area contributed by atoms with Crippen molar-refractivity contribution in [2.45, 2.75) is 20.8 Å².